The number of carbonyl (C=O) groups excluding carboxylic acids is 3. The Balaban J connectivity index is 0.702. The van der Waals surface area contributed by atoms with E-state index in [1.54, 1.807) is 16.8 Å². The fourth-order valence-corrected chi connectivity index (χ4v) is 9.17. The Labute approximate surface area is 411 Å². The molecule has 4 aromatic carbocycles. The minimum atomic E-state index is -0.275. The first-order valence-corrected chi connectivity index (χ1v) is 24.1. The molecule has 1 aliphatic rings. The highest BCUT2D eigenvalue weighted by Crippen LogP contribution is 2.38. The van der Waals surface area contributed by atoms with Crippen molar-refractivity contribution in [3.8, 4) is 11.4 Å². The molecule has 1 aliphatic heterocycles. The van der Waals surface area contributed by atoms with Crippen LogP contribution >= 0.6 is 31.9 Å². The number of rotatable bonds is 23. The summed E-state index contributed by atoms with van der Waals surface area (Å²) in [6.45, 7) is 11.5. The average molecular weight is 1050 g/mol. The van der Waals surface area contributed by atoms with Gasteiger partial charge in [-0.2, -0.15) is 10.2 Å². The quantitative estimate of drug-likeness (QED) is 0.0424. The van der Waals surface area contributed by atoms with Crippen molar-refractivity contribution in [3.05, 3.63) is 143 Å². The van der Waals surface area contributed by atoms with Crippen LogP contribution in [0.2, 0.25) is 0 Å². The van der Waals surface area contributed by atoms with E-state index >= 15 is 0 Å². The predicted octanol–water partition coefficient (Wildman–Crippen LogP) is 7.83. The maximum Gasteiger partial charge on any atom is 0.295 e. The van der Waals surface area contributed by atoms with Crippen LogP contribution in [-0.2, 0) is 36.8 Å². The number of nitrogens with one attached hydrogen (secondary N) is 3. The van der Waals surface area contributed by atoms with Crippen LogP contribution in [0.4, 0.5) is 5.69 Å². The smallest absolute Gasteiger partial charge is 0.295 e. The van der Waals surface area contributed by atoms with Crippen molar-refractivity contribution in [1.29, 1.82) is 0 Å². The summed E-state index contributed by atoms with van der Waals surface area (Å²) in [7, 11) is 0. The number of ether oxygens (including phenoxy) is 4. The lowest BCUT2D eigenvalue weighted by molar-refractivity contribution is -0.121. The van der Waals surface area contributed by atoms with E-state index in [0.717, 1.165) is 59.2 Å². The van der Waals surface area contributed by atoms with Crippen LogP contribution in [0.15, 0.2) is 92.6 Å². The van der Waals surface area contributed by atoms with E-state index in [0.29, 0.717) is 107 Å². The number of hydrogen-bond acceptors (Lipinski definition) is 10. The van der Waals surface area contributed by atoms with Gasteiger partial charge in [-0.1, -0.05) is 41.5 Å². The molecule has 3 heterocycles. The second kappa shape index (κ2) is 23.8. The zero-order valence-electron chi connectivity index (χ0n) is 38.6. The first-order valence-electron chi connectivity index (χ1n) is 22.5. The lowest BCUT2D eigenvalue weighted by Gasteiger charge is -2.12. The Kier molecular flexibility index (Phi) is 17.5. The molecule has 17 heteroatoms. The second-order valence-electron chi connectivity index (χ2n) is 16.4. The number of hydrogen-bond donors (Lipinski definition) is 3. The van der Waals surface area contributed by atoms with Gasteiger partial charge < -0.3 is 34.9 Å². The summed E-state index contributed by atoms with van der Waals surface area (Å²) in [4.78, 5) is 51.2. The molecule has 2 aromatic heterocycles. The molecule has 68 heavy (non-hydrogen) atoms. The Bertz CT molecular complexity index is 2840. The Hall–Kier alpha value is -5.98. The van der Waals surface area contributed by atoms with Gasteiger partial charge in [-0.25, -0.2) is 9.36 Å². The first kappa shape index (κ1) is 49.9. The molecule has 0 spiro atoms. The van der Waals surface area contributed by atoms with Crippen LogP contribution in [-0.4, -0.2) is 96.6 Å². The molecule has 6 aromatic rings. The molecule has 0 saturated carbocycles. The van der Waals surface area contributed by atoms with Crippen LogP contribution in [0.1, 0.15) is 62.4 Å². The Morgan fingerprint density at radius 3 is 2.12 bits per heavy atom. The summed E-state index contributed by atoms with van der Waals surface area (Å²) >= 11 is 7.19. The highest BCUT2D eigenvalue weighted by molar-refractivity contribution is 9.11. The molecular weight excluding hydrogens is 998 g/mol. The normalized spacial score (nSPS) is 12.7. The topological polar surface area (TPSA) is 177 Å². The third kappa shape index (κ3) is 13.0. The van der Waals surface area contributed by atoms with Gasteiger partial charge >= 0.3 is 0 Å². The van der Waals surface area contributed by atoms with E-state index in [1.165, 1.54) is 4.68 Å². The number of aromatic nitrogens is 4. The SMILES string of the molecule is Cc1ccc(-n2nc3c(=O)n(CCCC(=O)NCCc4ccc(C(=O)NCCOCCOCCOCCOc5c(Br)cc(/C=C6\C(=O)Nc7ccc(C)cc76)cc5Br)cc4)nc(C)c3c2C)cc1. The van der Waals surface area contributed by atoms with Crippen LogP contribution in [0.25, 0.3) is 28.2 Å². The van der Waals surface area contributed by atoms with Gasteiger partial charge in [0.15, 0.2) is 5.52 Å². The summed E-state index contributed by atoms with van der Waals surface area (Å²) in [5.41, 5.74) is 9.44. The minimum absolute atomic E-state index is 0.108. The number of carbonyl (C=O) groups is 3. The van der Waals surface area contributed by atoms with Crippen molar-refractivity contribution in [2.24, 2.45) is 0 Å². The lowest BCUT2D eigenvalue weighted by Crippen LogP contribution is -2.28. The number of amides is 3. The molecule has 0 unspecified atom stereocenters. The molecule has 356 valence electrons. The van der Waals surface area contributed by atoms with Gasteiger partial charge in [-0.05, 0) is 138 Å². The van der Waals surface area contributed by atoms with Crippen LogP contribution in [0.5, 0.6) is 5.75 Å². The van der Waals surface area contributed by atoms with Crippen molar-refractivity contribution >= 4 is 77.8 Å². The average Bonchev–Trinajstić information content (AvgIpc) is 3.83. The summed E-state index contributed by atoms with van der Waals surface area (Å²) in [5, 5.41) is 18.6. The molecule has 3 N–H and O–H groups in total. The van der Waals surface area contributed by atoms with Gasteiger partial charge in [-0.15, -0.1) is 0 Å². The van der Waals surface area contributed by atoms with Crippen molar-refractivity contribution in [1.82, 2.24) is 30.2 Å². The molecule has 3 amide bonds. The van der Waals surface area contributed by atoms with Crippen LogP contribution in [0.3, 0.4) is 0 Å². The van der Waals surface area contributed by atoms with Crippen LogP contribution in [0, 0.1) is 27.7 Å². The zero-order valence-corrected chi connectivity index (χ0v) is 41.8. The summed E-state index contributed by atoms with van der Waals surface area (Å²) in [5.74, 6) is 0.206. The number of fused-ring (bicyclic) bond motifs is 2. The molecule has 0 atom stereocenters. The maximum absolute atomic E-state index is 13.3. The van der Waals surface area contributed by atoms with E-state index in [-0.39, 0.29) is 29.7 Å². The molecule has 0 radical (unpaired) electrons. The standard InChI is InChI=1S/C51H55Br2N7O8/c1-32-7-14-39(15-8-32)60-35(4)46-34(3)57-59(51(64)47(46)58-60)20-5-6-45(61)54-18-17-36-10-12-38(13-11-36)49(62)55-19-21-65-22-23-66-24-25-67-26-27-68-48-42(52)30-37(31-43(48)53)29-41-40-28-33(2)9-16-44(40)56-50(41)63/h7-16,28-31H,5-6,17-27H2,1-4H3,(H,54,61)(H,55,62)(H,56,63)/b41-29-. The van der Waals surface area contributed by atoms with Gasteiger partial charge in [-0.3, -0.25) is 19.2 Å². The molecule has 0 saturated heterocycles. The number of nitrogens with zero attached hydrogens (tertiary/aromatic N) is 4. The fourth-order valence-electron chi connectivity index (χ4n) is 7.72. The third-order valence-electron chi connectivity index (χ3n) is 11.2. The third-order valence-corrected chi connectivity index (χ3v) is 12.4. The predicted molar refractivity (Wildman–Crippen MR) is 270 cm³/mol. The van der Waals surface area contributed by atoms with E-state index in [4.69, 9.17) is 18.9 Å². The largest absolute Gasteiger partial charge is 0.489 e. The minimum Gasteiger partial charge on any atom is -0.489 e. The van der Waals surface area contributed by atoms with Crippen LogP contribution < -0.4 is 26.2 Å². The van der Waals surface area contributed by atoms with Crippen molar-refractivity contribution in [2.45, 2.75) is 53.5 Å². The monoisotopic (exact) mass is 1050 g/mol. The van der Waals surface area contributed by atoms with Gasteiger partial charge in [0.2, 0.25) is 5.91 Å². The van der Waals surface area contributed by atoms with Crippen molar-refractivity contribution in [2.75, 3.05) is 64.7 Å². The maximum atomic E-state index is 13.3. The molecular formula is C51H55Br2N7O8. The fraction of sp³-hybridized carbons (Fsp3) is 0.333. The van der Waals surface area contributed by atoms with E-state index in [9.17, 15) is 19.2 Å². The van der Waals surface area contributed by atoms with Gasteiger partial charge in [0, 0.05) is 48.4 Å². The molecule has 0 aliphatic carbocycles. The van der Waals surface area contributed by atoms with Gasteiger partial charge in [0.25, 0.3) is 17.4 Å². The number of halogens is 2. The van der Waals surface area contributed by atoms with Gasteiger partial charge in [0.1, 0.15) is 12.4 Å². The van der Waals surface area contributed by atoms with Crippen molar-refractivity contribution in [3.63, 3.8) is 0 Å². The summed E-state index contributed by atoms with van der Waals surface area (Å²) in [6, 6.07) is 25.0. The summed E-state index contributed by atoms with van der Waals surface area (Å²) < 4.78 is 27.5. The van der Waals surface area contributed by atoms with E-state index in [2.05, 4.69) is 58.0 Å². The lowest BCUT2D eigenvalue weighted by atomic mass is 10.0. The zero-order chi connectivity index (χ0) is 48.2. The van der Waals surface area contributed by atoms with E-state index < -0.39 is 0 Å². The Morgan fingerprint density at radius 1 is 0.750 bits per heavy atom. The number of anilines is 1. The second-order valence-corrected chi connectivity index (χ2v) is 18.1. The Morgan fingerprint density at radius 2 is 1.41 bits per heavy atom. The molecule has 0 fully saturated rings. The molecule has 7 rings (SSSR count). The van der Waals surface area contributed by atoms with E-state index in [1.807, 2.05) is 101 Å². The number of aryl methyl sites for hydroxylation is 5. The van der Waals surface area contributed by atoms with Gasteiger partial charge in [0.05, 0.1) is 71.0 Å². The summed E-state index contributed by atoms with van der Waals surface area (Å²) in [6.07, 6.45) is 3.18. The first-order chi connectivity index (χ1) is 32.9. The molecule has 15 nitrogen and oxygen atoms in total. The van der Waals surface area contributed by atoms with Crippen molar-refractivity contribution < 1.29 is 33.3 Å². The number of benzene rings is 4. The highest BCUT2D eigenvalue weighted by Gasteiger charge is 2.24. The molecule has 0 bridgehead atoms. The highest BCUT2D eigenvalue weighted by atomic mass is 79.9.